The lowest BCUT2D eigenvalue weighted by atomic mass is 10.0. The number of hydrogen-bond donors (Lipinski definition) is 1. The van der Waals surface area contributed by atoms with Gasteiger partial charge in [0.1, 0.15) is 6.04 Å². The SMILES string of the molecule is CC(C)OCCCNC(=O)[C@H](Cc1ccccc1)N(Cc1ccccc1)C(=O)CCc1ccccc1. The molecule has 0 aliphatic heterocycles. The number of carbonyl (C=O) groups is 2. The first-order valence-electron chi connectivity index (χ1n) is 12.8. The van der Waals surface area contributed by atoms with E-state index in [1.54, 1.807) is 4.90 Å². The molecule has 0 bridgehead atoms. The molecule has 0 aliphatic rings. The third-order valence-electron chi connectivity index (χ3n) is 6.01. The number of amides is 2. The van der Waals surface area contributed by atoms with Crippen molar-refractivity contribution in [3.8, 4) is 0 Å². The second-order valence-corrected chi connectivity index (χ2v) is 9.26. The number of hydrogen-bond acceptors (Lipinski definition) is 3. The molecule has 5 nitrogen and oxygen atoms in total. The first kappa shape index (κ1) is 27.2. The minimum atomic E-state index is -0.609. The first-order valence-corrected chi connectivity index (χ1v) is 12.8. The smallest absolute Gasteiger partial charge is 0.243 e. The molecule has 36 heavy (non-hydrogen) atoms. The van der Waals surface area contributed by atoms with E-state index in [0.717, 1.165) is 23.1 Å². The number of ether oxygens (including phenoxy) is 1. The van der Waals surface area contributed by atoms with Crippen molar-refractivity contribution in [2.24, 2.45) is 0 Å². The molecule has 5 heteroatoms. The van der Waals surface area contributed by atoms with Gasteiger partial charge in [-0.3, -0.25) is 9.59 Å². The van der Waals surface area contributed by atoms with Crippen molar-refractivity contribution >= 4 is 11.8 Å². The van der Waals surface area contributed by atoms with Crippen molar-refractivity contribution in [3.05, 3.63) is 108 Å². The van der Waals surface area contributed by atoms with Gasteiger partial charge in [-0.2, -0.15) is 0 Å². The Morgan fingerprint density at radius 3 is 1.94 bits per heavy atom. The van der Waals surface area contributed by atoms with Gasteiger partial charge >= 0.3 is 0 Å². The van der Waals surface area contributed by atoms with Crippen molar-refractivity contribution in [2.75, 3.05) is 13.2 Å². The van der Waals surface area contributed by atoms with Crippen LogP contribution in [-0.2, 0) is 33.7 Å². The Kier molecular flexibility index (Phi) is 11.2. The van der Waals surface area contributed by atoms with Crippen molar-refractivity contribution in [2.45, 2.75) is 58.2 Å². The molecule has 0 unspecified atom stereocenters. The molecule has 0 aromatic heterocycles. The highest BCUT2D eigenvalue weighted by atomic mass is 16.5. The van der Waals surface area contributed by atoms with Crippen LogP contribution >= 0.6 is 0 Å². The molecular weight excluding hydrogens is 448 g/mol. The zero-order valence-electron chi connectivity index (χ0n) is 21.4. The summed E-state index contributed by atoms with van der Waals surface area (Å²) in [6, 6.07) is 29.2. The lowest BCUT2D eigenvalue weighted by molar-refractivity contribution is -0.141. The summed E-state index contributed by atoms with van der Waals surface area (Å²) in [5, 5.41) is 3.06. The summed E-state index contributed by atoms with van der Waals surface area (Å²) in [7, 11) is 0. The van der Waals surface area contributed by atoms with Gasteiger partial charge in [0, 0.05) is 32.5 Å². The third-order valence-corrected chi connectivity index (χ3v) is 6.01. The molecule has 190 valence electrons. The quantitative estimate of drug-likeness (QED) is 0.319. The first-order chi connectivity index (χ1) is 17.5. The zero-order chi connectivity index (χ0) is 25.6. The number of carbonyl (C=O) groups excluding carboxylic acids is 2. The average molecular weight is 487 g/mol. The Morgan fingerprint density at radius 1 is 0.806 bits per heavy atom. The Morgan fingerprint density at radius 2 is 1.36 bits per heavy atom. The zero-order valence-corrected chi connectivity index (χ0v) is 21.4. The molecule has 2 amide bonds. The second kappa shape index (κ2) is 14.8. The monoisotopic (exact) mass is 486 g/mol. The third kappa shape index (κ3) is 9.31. The van der Waals surface area contributed by atoms with Crippen LogP contribution < -0.4 is 5.32 Å². The van der Waals surface area contributed by atoms with Crippen molar-refractivity contribution < 1.29 is 14.3 Å². The van der Waals surface area contributed by atoms with Gasteiger partial charge in [0.25, 0.3) is 0 Å². The van der Waals surface area contributed by atoms with Crippen molar-refractivity contribution in [1.29, 1.82) is 0 Å². The van der Waals surface area contributed by atoms with E-state index in [1.165, 1.54) is 0 Å². The van der Waals surface area contributed by atoms with E-state index < -0.39 is 6.04 Å². The van der Waals surface area contributed by atoms with Crippen LogP contribution in [0.1, 0.15) is 43.4 Å². The van der Waals surface area contributed by atoms with Crippen molar-refractivity contribution in [3.63, 3.8) is 0 Å². The van der Waals surface area contributed by atoms with Gasteiger partial charge < -0.3 is 15.0 Å². The maximum Gasteiger partial charge on any atom is 0.243 e. The van der Waals surface area contributed by atoms with Crippen LogP contribution in [0.3, 0.4) is 0 Å². The number of rotatable bonds is 14. The van der Waals surface area contributed by atoms with Gasteiger partial charge in [-0.25, -0.2) is 0 Å². The maximum atomic E-state index is 13.6. The molecule has 1 N–H and O–H groups in total. The summed E-state index contributed by atoms with van der Waals surface area (Å²) in [4.78, 5) is 28.9. The molecule has 3 aromatic rings. The van der Waals surface area contributed by atoms with Crippen LogP contribution in [0.25, 0.3) is 0 Å². The molecule has 0 spiro atoms. The summed E-state index contributed by atoms with van der Waals surface area (Å²) < 4.78 is 5.60. The van der Waals surface area contributed by atoms with Gasteiger partial charge in [-0.1, -0.05) is 91.0 Å². The fraction of sp³-hybridized carbons (Fsp3) is 0.355. The van der Waals surface area contributed by atoms with Gasteiger partial charge in [0.15, 0.2) is 0 Å². The van der Waals surface area contributed by atoms with E-state index in [1.807, 2.05) is 105 Å². The second-order valence-electron chi connectivity index (χ2n) is 9.26. The van der Waals surface area contributed by atoms with Gasteiger partial charge in [-0.05, 0) is 43.4 Å². The van der Waals surface area contributed by atoms with E-state index in [0.29, 0.717) is 39.0 Å². The minimum absolute atomic E-state index is 0.0260. The van der Waals surface area contributed by atoms with Gasteiger partial charge in [-0.15, -0.1) is 0 Å². The fourth-order valence-electron chi connectivity index (χ4n) is 4.09. The summed E-state index contributed by atoms with van der Waals surface area (Å²) in [5.41, 5.74) is 3.14. The van der Waals surface area contributed by atoms with Crippen LogP contribution in [0, 0.1) is 0 Å². The molecule has 0 saturated carbocycles. The van der Waals surface area contributed by atoms with Gasteiger partial charge in [0.05, 0.1) is 6.10 Å². The number of nitrogens with zero attached hydrogens (tertiary/aromatic N) is 1. The van der Waals surface area contributed by atoms with E-state index in [-0.39, 0.29) is 17.9 Å². The number of benzene rings is 3. The Balaban J connectivity index is 1.79. The Labute approximate surface area is 215 Å². The van der Waals surface area contributed by atoms with Crippen LogP contribution in [0.4, 0.5) is 0 Å². The lowest BCUT2D eigenvalue weighted by Gasteiger charge is -2.31. The highest BCUT2D eigenvalue weighted by Crippen LogP contribution is 2.17. The summed E-state index contributed by atoms with van der Waals surface area (Å²) in [6.45, 7) is 5.48. The topological polar surface area (TPSA) is 58.6 Å². The van der Waals surface area contributed by atoms with Crippen molar-refractivity contribution in [1.82, 2.24) is 10.2 Å². The molecule has 0 fully saturated rings. The van der Waals surface area contributed by atoms with Crippen LogP contribution in [0.15, 0.2) is 91.0 Å². The molecule has 0 aliphatic carbocycles. The predicted octanol–water partition coefficient (Wildman–Crippen LogP) is 5.19. The highest BCUT2D eigenvalue weighted by molar-refractivity contribution is 5.88. The average Bonchev–Trinajstić information content (AvgIpc) is 2.90. The Hall–Kier alpha value is -3.44. The fourth-order valence-corrected chi connectivity index (χ4v) is 4.09. The normalized spacial score (nSPS) is 11.8. The number of aryl methyl sites for hydroxylation is 1. The van der Waals surface area contributed by atoms with E-state index in [2.05, 4.69) is 5.32 Å². The largest absolute Gasteiger partial charge is 0.379 e. The van der Waals surface area contributed by atoms with Crippen LogP contribution in [-0.4, -0.2) is 42.0 Å². The van der Waals surface area contributed by atoms with E-state index >= 15 is 0 Å². The van der Waals surface area contributed by atoms with E-state index in [4.69, 9.17) is 4.74 Å². The van der Waals surface area contributed by atoms with Gasteiger partial charge in [0.2, 0.25) is 11.8 Å². The molecule has 3 aromatic carbocycles. The molecule has 0 radical (unpaired) electrons. The minimum Gasteiger partial charge on any atom is -0.379 e. The standard InChI is InChI=1S/C31H38N2O3/c1-25(2)36-22-12-21-32-31(35)29(23-27-15-8-4-9-16-27)33(24-28-17-10-5-11-18-28)30(34)20-19-26-13-6-3-7-14-26/h3-11,13-18,25,29H,12,19-24H2,1-2H3,(H,32,35)/t29-/m0/s1. The predicted molar refractivity (Wildman–Crippen MR) is 144 cm³/mol. The summed E-state index contributed by atoms with van der Waals surface area (Å²) in [6.07, 6.45) is 2.33. The molecule has 1 atom stereocenters. The highest BCUT2D eigenvalue weighted by Gasteiger charge is 2.30. The van der Waals surface area contributed by atoms with Crippen LogP contribution in [0.5, 0.6) is 0 Å². The van der Waals surface area contributed by atoms with E-state index in [9.17, 15) is 9.59 Å². The van der Waals surface area contributed by atoms with Crippen LogP contribution in [0.2, 0.25) is 0 Å². The summed E-state index contributed by atoms with van der Waals surface area (Å²) >= 11 is 0. The molecular formula is C31H38N2O3. The lowest BCUT2D eigenvalue weighted by Crippen LogP contribution is -2.50. The molecule has 0 heterocycles. The summed E-state index contributed by atoms with van der Waals surface area (Å²) in [5.74, 6) is -0.158. The maximum absolute atomic E-state index is 13.6. The molecule has 0 saturated heterocycles. The molecule has 3 rings (SSSR count). The number of nitrogens with one attached hydrogen (secondary N) is 1. The Bertz CT molecular complexity index is 1040.